The first kappa shape index (κ1) is 20.3. The number of morpholine rings is 1. The van der Waals surface area contributed by atoms with Crippen LogP contribution in [0.1, 0.15) is 11.4 Å². The smallest absolute Gasteiger partial charge is 0.261 e. The average Bonchev–Trinajstić information content (AvgIpc) is 2.77. The summed E-state index contributed by atoms with van der Waals surface area (Å²) in [5.41, 5.74) is 0.711. The van der Waals surface area contributed by atoms with Gasteiger partial charge in [0.05, 0.1) is 51.4 Å². The largest absolute Gasteiger partial charge is 0.493 e. The van der Waals surface area contributed by atoms with Gasteiger partial charge in [-0.15, -0.1) is 0 Å². The number of nitrogens with zero attached hydrogens (tertiary/aromatic N) is 3. The first-order chi connectivity index (χ1) is 14.6. The normalized spacial score (nSPS) is 14.8. The second-order valence-electron chi connectivity index (χ2n) is 7.12. The highest BCUT2D eigenvalue weighted by molar-refractivity contribution is 5.82. The Morgan fingerprint density at radius 2 is 1.77 bits per heavy atom. The van der Waals surface area contributed by atoms with E-state index in [0.29, 0.717) is 53.5 Å². The van der Waals surface area contributed by atoms with Gasteiger partial charge in [0.1, 0.15) is 11.6 Å². The number of rotatable bonds is 6. The minimum absolute atomic E-state index is 0.0997. The van der Waals surface area contributed by atoms with Gasteiger partial charge in [-0.25, -0.2) is 9.37 Å². The molecule has 3 aromatic rings. The zero-order valence-corrected chi connectivity index (χ0v) is 17.1. The van der Waals surface area contributed by atoms with Crippen LogP contribution >= 0.6 is 0 Å². The number of ether oxygens (including phenoxy) is 3. The molecule has 7 nitrogen and oxygen atoms in total. The fourth-order valence-electron chi connectivity index (χ4n) is 3.63. The third kappa shape index (κ3) is 4.01. The SMILES string of the molecule is COc1cc2nc(CN3CCOCC3)n(Cc3ccccc3F)c(=O)c2cc1OC. The predicted molar refractivity (Wildman–Crippen MR) is 111 cm³/mol. The molecule has 0 N–H and O–H groups in total. The van der Waals surface area contributed by atoms with Crippen molar-refractivity contribution in [1.29, 1.82) is 0 Å². The monoisotopic (exact) mass is 413 g/mol. The molecule has 8 heteroatoms. The first-order valence-corrected chi connectivity index (χ1v) is 9.79. The van der Waals surface area contributed by atoms with E-state index in [4.69, 9.17) is 19.2 Å². The number of aromatic nitrogens is 2. The molecule has 4 rings (SSSR count). The standard InChI is InChI=1S/C22H24FN3O4/c1-28-19-11-16-18(12-20(19)29-2)24-21(14-25-7-9-30-10-8-25)26(22(16)27)13-15-5-3-4-6-17(15)23/h3-6,11-12H,7-10,13-14H2,1-2H3. The molecule has 2 heterocycles. The summed E-state index contributed by atoms with van der Waals surface area (Å²) in [5.74, 6) is 1.17. The molecule has 2 aromatic carbocycles. The van der Waals surface area contributed by atoms with Gasteiger partial charge in [-0.05, 0) is 12.1 Å². The van der Waals surface area contributed by atoms with Crippen molar-refractivity contribution in [2.45, 2.75) is 13.1 Å². The Morgan fingerprint density at radius 3 is 2.47 bits per heavy atom. The first-order valence-electron chi connectivity index (χ1n) is 9.79. The molecule has 1 fully saturated rings. The molecular formula is C22H24FN3O4. The number of benzene rings is 2. The molecule has 0 amide bonds. The summed E-state index contributed by atoms with van der Waals surface area (Å²) in [5, 5.41) is 0.398. The van der Waals surface area contributed by atoms with Gasteiger partial charge in [-0.2, -0.15) is 0 Å². The topological polar surface area (TPSA) is 65.8 Å². The molecule has 158 valence electrons. The highest BCUT2D eigenvalue weighted by Crippen LogP contribution is 2.30. The summed E-state index contributed by atoms with van der Waals surface area (Å²) in [6.07, 6.45) is 0. The third-order valence-corrected chi connectivity index (χ3v) is 5.29. The summed E-state index contributed by atoms with van der Waals surface area (Å²) < 4.78 is 32.0. The molecule has 0 spiro atoms. The molecule has 1 aliphatic heterocycles. The molecule has 0 atom stereocenters. The molecule has 1 aromatic heterocycles. The number of hydrogen-bond donors (Lipinski definition) is 0. The van der Waals surface area contributed by atoms with Gasteiger partial charge in [-0.3, -0.25) is 14.3 Å². The lowest BCUT2D eigenvalue weighted by molar-refractivity contribution is 0.0325. The molecule has 0 aliphatic carbocycles. The van der Waals surface area contributed by atoms with E-state index in [-0.39, 0.29) is 17.9 Å². The van der Waals surface area contributed by atoms with Crippen LogP contribution in [0.2, 0.25) is 0 Å². The number of methoxy groups -OCH3 is 2. The van der Waals surface area contributed by atoms with Crippen LogP contribution < -0.4 is 15.0 Å². The zero-order chi connectivity index (χ0) is 21.1. The van der Waals surface area contributed by atoms with Gasteiger partial charge in [0.2, 0.25) is 0 Å². The minimum Gasteiger partial charge on any atom is -0.493 e. The van der Waals surface area contributed by atoms with Crippen molar-refractivity contribution in [1.82, 2.24) is 14.5 Å². The maximum absolute atomic E-state index is 14.3. The highest BCUT2D eigenvalue weighted by Gasteiger charge is 2.19. The lowest BCUT2D eigenvalue weighted by Crippen LogP contribution is -2.38. The average molecular weight is 413 g/mol. The van der Waals surface area contributed by atoms with Crippen molar-refractivity contribution >= 4 is 10.9 Å². The number of halogens is 1. The Morgan fingerprint density at radius 1 is 1.07 bits per heavy atom. The summed E-state index contributed by atoms with van der Waals surface area (Å²) in [7, 11) is 3.06. The van der Waals surface area contributed by atoms with Crippen LogP contribution in [-0.2, 0) is 17.8 Å². The molecular weight excluding hydrogens is 389 g/mol. The predicted octanol–water partition coefficient (Wildman–Crippen LogP) is 2.43. The van der Waals surface area contributed by atoms with Crippen LogP contribution in [0.3, 0.4) is 0 Å². The Hall–Kier alpha value is -2.97. The Bertz CT molecular complexity index is 1110. The Labute approximate surface area is 173 Å². The van der Waals surface area contributed by atoms with Crippen molar-refractivity contribution in [2.75, 3.05) is 40.5 Å². The van der Waals surface area contributed by atoms with Gasteiger partial charge >= 0.3 is 0 Å². The highest BCUT2D eigenvalue weighted by atomic mass is 19.1. The van der Waals surface area contributed by atoms with Gasteiger partial charge in [0.15, 0.2) is 11.5 Å². The van der Waals surface area contributed by atoms with Crippen LogP contribution in [0.4, 0.5) is 4.39 Å². The molecule has 0 bridgehead atoms. The minimum atomic E-state index is -0.353. The second kappa shape index (κ2) is 8.81. The number of fused-ring (bicyclic) bond motifs is 1. The quantitative estimate of drug-likeness (QED) is 0.619. The van der Waals surface area contributed by atoms with Crippen LogP contribution in [-0.4, -0.2) is 55.0 Å². The lowest BCUT2D eigenvalue weighted by atomic mass is 10.2. The summed E-state index contributed by atoms with van der Waals surface area (Å²) >= 11 is 0. The molecule has 0 unspecified atom stereocenters. The van der Waals surface area contributed by atoms with Gasteiger partial charge < -0.3 is 14.2 Å². The van der Waals surface area contributed by atoms with E-state index < -0.39 is 0 Å². The Kier molecular flexibility index (Phi) is 5.96. The fourth-order valence-corrected chi connectivity index (χ4v) is 3.63. The lowest BCUT2D eigenvalue weighted by Gasteiger charge is -2.27. The summed E-state index contributed by atoms with van der Waals surface area (Å²) in [4.78, 5) is 20.4. The molecule has 1 aliphatic rings. The van der Waals surface area contributed by atoms with Gasteiger partial charge in [-0.1, -0.05) is 18.2 Å². The summed E-state index contributed by atoms with van der Waals surface area (Å²) in [6, 6.07) is 9.79. The maximum atomic E-state index is 14.3. The van der Waals surface area contributed by atoms with Crippen LogP contribution in [0.15, 0.2) is 41.2 Å². The van der Waals surface area contributed by atoms with E-state index in [1.807, 2.05) is 0 Å². The third-order valence-electron chi connectivity index (χ3n) is 5.29. The Balaban J connectivity index is 1.86. The summed E-state index contributed by atoms with van der Waals surface area (Å²) in [6.45, 7) is 3.34. The van der Waals surface area contributed by atoms with Crippen molar-refractivity contribution in [3.63, 3.8) is 0 Å². The van der Waals surface area contributed by atoms with Gasteiger partial charge in [0.25, 0.3) is 5.56 Å². The molecule has 0 saturated carbocycles. The maximum Gasteiger partial charge on any atom is 0.261 e. The van der Waals surface area contributed by atoms with E-state index in [2.05, 4.69) is 4.90 Å². The van der Waals surface area contributed by atoms with Crippen LogP contribution in [0.5, 0.6) is 11.5 Å². The zero-order valence-electron chi connectivity index (χ0n) is 17.1. The van der Waals surface area contributed by atoms with Crippen molar-refractivity contribution in [3.8, 4) is 11.5 Å². The number of hydrogen-bond acceptors (Lipinski definition) is 6. The van der Waals surface area contributed by atoms with E-state index in [9.17, 15) is 9.18 Å². The van der Waals surface area contributed by atoms with Crippen molar-refractivity contribution in [2.24, 2.45) is 0 Å². The molecule has 1 saturated heterocycles. The van der Waals surface area contributed by atoms with E-state index in [0.717, 1.165) is 13.1 Å². The fraction of sp³-hybridized carbons (Fsp3) is 0.364. The van der Waals surface area contributed by atoms with E-state index >= 15 is 0 Å². The van der Waals surface area contributed by atoms with Crippen molar-refractivity contribution < 1.29 is 18.6 Å². The van der Waals surface area contributed by atoms with Crippen LogP contribution in [0.25, 0.3) is 10.9 Å². The van der Waals surface area contributed by atoms with Crippen LogP contribution in [0, 0.1) is 5.82 Å². The van der Waals surface area contributed by atoms with E-state index in [1.54, 1.807) is 34.9 Å². The van der Waals surface area contributed by atoms with Crippen molar-refractivity contribution in [3.05, 3.63) is 64.0 Å². The van der Waals surface area contributed by atoms with E-state index in [1.165, 1.54) is 20.3 Å². The molecule has 0 radical (unpaired) electrons. The van der Waals surface area contributed by atoms with Gasteiger partial charge in [0, 0.05) is 24.7 Å². The molecule has 30 heavy (non-hydrogen) atoms. The second-order valence-corrected chi connectivity index (χ2v) is 7.12.